The molecule has 6 nitrogen and oxygen atoms in total. The Morgan fingerprint density at radius 2 is 2.04 bits per heavy atom. The smallest absolute Gasteiger partial charge is 0.240 e. The predicted octanol–water partition coefficient (Wildman–Crippen LogP) is 1.62. The van der Waals surface area contributed by atoms with Gasteiger partial charge in [0.2, 0.25) is 10.0 Å². The standard InChI is InChI=1S/C17H22N4O2S/c1-18-24(22,23)15-5-4-14-7-9-21(16(14)11-15)12-13-6-8-19-17(10-13)20(2)3/h4-6,8,10-11,18H,7,9,12H2,1-3H3. The lowest BCUT2D eigenvalue weighted by molar-refractivity contribution is 0.588. The average molecular weight is 346 g/mol. The number of nitrogens with zero attached hydrogens (tertiary/aromatic N) is 3. The SMILES string of the molecule is CNS(=O)(=O)c1ccc2c(c1)N(Cc1ccnc(N(C)C)c1)CC2. The summed E-state index contributed by atoms with van der Waals surface area (Å²) < 4.78 is 26.5. The molecule has 1 aromatic carbocycles. The van der Waals surface area contributed by atoms with Crippen molar-refractivity contribution in [2.75, 3.05) is 37.5 Å². The summed E-state index contributed by atoms with van der Waals surface area (Å²) in [5.74, 6) is 0.915. The fraction of sp³-hybridized carbons (Fsp3) is 0.353. The Balaban J connectivity index is 1.89. The third-order valence-corrected chi connectivity index (χ3v) is 5.68. The molecule has 2 heterocycles. The monoisotopic (exact) mass is 346 g/mol. The van der Waals surface area contributed by atoms with Crippen LogP contribution in [-0.4, -0.2) is 41.1 Å². The molecule has 0 fully saturated rings. The number of benzene rings is 1. The van der Waals surface area contributed by atoms with Gasteiger partial charge in [-0.25, -0.2) is 18.1 Å². The van der Waals surface area contributed by atoms with Gasteiger partial charge in [-0.15, -0.1) is 0 Å². The summed E-state index contributed by atoms with van der Waals surface area (Å²) in [4.78, 5) is 8.83. The van der Waals surface area contributed by atoms with Crippen LogP contribution in [0.2, 0.25) is 0 Å². The number of rotatable bonds is 5. The highest BCUT2D eigenvalue weighted by Gasteiger charge is 2.22. The van der Waals surface area contributed by atoms with Crippen LogP contribution in [0.25, 0.3) is 0 Å². The van der Waals surface area contributed by atoms with Gasteiger partial charge in [-0.1, -0.05) is 6.07 Å². The van der Waals surface area contributed by atoms with E-state index in [2.05, 4.69) is 20.7 Å². The zero-order valence-corrected chi connectivity index (χ0v) is 15.0. The van der Waals surface area contributed by atoms with Gasteiger partial charge >= 0.3 is 0 Å². The van der Waals surface area contributed by atoms with E-state index >= 15 is 0 Å². The number of aromatic nitrogens is 1. The van der Waals surface area contributed by atoms with Crippen LogP contribution in [0.3, 0.4) is 0 Å². The second-order valence-electron chi connectivity index (χ2n) is 6.09. The van der Waals surface area contributed by atoms with Crippen LogP contribution >= 0.6 is 0 Å². The lowest BCUT2D eigenvalue weighted by atomic mass is 10.2. The Morgan fingerprint density at radius 1 is 1.25 bits per heavy atom. The van der Waals surface area contributed by atoms with Crippen molar-refractivity contribution in [1.29, 1.82) is 0 Å². The number of fused-ring (bicyclic) bond motifs is 1. The fourth-order valence-electron chi connectivity index (χ4n) is 2.90. The van der Waals surface area contributed by atoms with E-state index in [0.29, 0.717) is 4.90 Å². The fourth-order valence-corrected chi connectivity index (χ4v) is 3.65. The number of anilines is 2. The van der Waals surface area contributed by atoms with Crippen LogP contribution in [0.1, 0.15) is 11.1 Å². The zero-order chi connectivity index (χ0) is 17.3. The Morgan fingerprint density at radius 3 is 2.75 bits per heavy atom. The van der Waals surface area contributed by atoms with Crippen molar-refractivity contribution in [1.82, 2.24) is 9.71 Å². The van der Waals surface area contributed by atoms with Crippen molar-refractivity contribution >= 4 is 21.5 Å². The summed E-state index contributed by atoms with van der Waals surface area (Å²) >= 11 is 0. The van der Waals surface area contributed by atoms with Crippen molar-refractivity contribution in [3.8, 4) is 0 Å². The number of nitrogens with one attached hydrogen (secondary N) is 1. The van der Waals surface area contributed by atoms with E-state index in [1.54, 1.807) is 12.1 Å². The quantitative estimate of drug-likeness (QED) is 0.891. The van der Waals surface area contributed by atoms with E-state index in [9.17, 15) is 8.42 Å². The topological polar surface area (TPSA) is 65.5 Å². The normalized spacial score (nSPS) is 13.9. The molecule has 1 aromatic heterocycles. The molecule has 1 aliphatic rings. The molecule has 0 saturated heterocycles. The van der Waals surface area contributed by atoms with Gasteiger partial charge < -0.3 is 9.80 Å². The van der Waals surface area contributed by atoms with Gasteiger partial charge in [0.1, 0.15) is 5.82 Å². The minimum absolute atomic E-state index is 0.305. The number of pyridine rings is 1. The van der Waals surface area contributed by atoms with Gasteiger partial charge in [0.05, 0.1) is 4.90 Å². The first-order valence-electron chi connectivity index (χ1n) is 7.84. The molecule has 1 N–H and O–H groups in total. The van der Waals surface area contributed by atoms with Gasteiger partial charge in [-0.05, 0) is 48.9 Å². The predicted molar refractivity (Wildman–Crippen MR) is 96.0 cm³/mol. The Bertz CT molecular complexity index is 849. The average Bonchev–Trinajstić information content (AvgIpc) is 2.97. The Kier molecular flexibility index (Phi) is 4.47. The van der Waals surface area contributed by atoms with Crippen molar-refractivity contribution < 1.29 is 8.42 Å². The van der Waals surface area contributed by atoms with Gasteiger partial charge in [0, 0.05) is 39.1 Å². The molecule has 0 radical (unpaired) electrons. The van der Waals surface area contributed by atoms with Crippen LogP contribution in [0, 0.1) is 0 Å². The van der Waals surface area contributed by atoms with Crippen molar-refractivity contribution in [3.05, 3.63) is 47.7 Å². The lowest BCUT2D eigenvalue weighted by Gasteiger charge is -2.21. The maximum atomic E-state index is 12.0. The van der Waals surface area contributed by atoms with E-state index in [4.69, 9.17) is 0 Å². The third-order valence-electron chi connectivity index (χ3n) is 4.27. The molecular weight excluding hydrogens is 324 g/mol. The molecule has 0 spiro atoms. The van der Waals surface area contributed by atoms with E-state index in [1.807, 2.05) is 37.3 Å². The summed E-state index contributed by atoms with van der Waals surface area (Å²) in [6, 6.07) is 9.41. The first-order chi connectivity index (χ1) is 11.4. The van der Waals surface area contributed by atoms with Gasteiger partial charge in [-0.3, -0.25) is 0 Å². The van der Waals surface area contributed by atoms with Crippen LogP contribution in [0.4, 0.5) is 11.5 Å². The van der Waals surface area contributed by atoms with E-state index in [0.717, 1.165) is 36.6 Å². The van der Waals surface area contributed by atoms with Gasteiger partial charge in [0.15, 0.2) is 0 Å². The van der Waals surface area contributed by atoms with E-state index in [-0.39, 0.29) is 0 Å². The van der Waals surface area contributed by atoms with Crippen molar-refractivity contribution in [2.24, 2.45) is 0 Å². The molecule has 0 unspecified atom stereocenters. The minimum atomic E-state index is -3.43. The molecule has 7 heteroatoms. The molecule has 0 aliphatic carbocycles. The molecule has 128 valence electrons. The number of sulfonamides is 1. The third kappa shape index (κ3) is 3.22. The van der Waals surface area contributed by atoms with E-state index < -0.39 is 10.0 Å². The van der Waals surface area contributed by atoms with E-state index in [1.165, 1.54) is 12.6 Å². The molecule has 24 heavy (non-hydrogen) atoms. The molecule has 0 amide bonds. The molecule has 3 rings (SSSR count). The second-order valence-corrected chi connectivity index (χ2v) is 7.97. The summed E-state index contributed by atoms with van der Waals surface area (Å²) in [7, 11) is 1.93. The lowest BCUT2D eigenvalue weighted by Crippen LogP contribution is -2.21. The highest BCUT2D eigenvalue weighted by atomic mass is 32.2. The second kappa shape index (κ2) is 6.41. The first-order valence-corrected chi connectivity index (χ1v) is 9.33. The van der Waals surface area contributed by atoms with Gasteiger partial charge in [0.25, 0.3) is 0 Å². The first kappa shape index (κ1) is 16.7. The summed E-state index contributed by atoms with van der Waals surface area (Å²) in [5, 5.41) is 0. The summed E-state index contributed by atoms with van der Waals surface area (Å²) in [6.45, 7) is 1.62. The maximum Gasteiger partial charge on any atom is 0.240 e. The van der Waals surface area contributed by atoms with Crippen LogP contribution < -0.4 is 14.5 Å². The molecule has 2 aromatic rings. The van der Waals surface area contributed by atoms with Crippen LogP contribution in [0.15, 0.2) is 41.4 Å². The highest BCUT2D eigenvalue weighted by molar-refractivity contribution is 7.89. The zero-order valence-electron chi connectivity index (χ0n) is 14.2. The summed E-state index contributed by atoms with van der Waals surface area (Å²) in [5.41, 5.74) is 3.34. The molecular formula is C17H22N4O2S. The van der Waals surface area contributed by atoms with Gasteiger partial charge in [-0.2, -0.15) is 0 Å². The van der Waals surface area contributed by atoms with Crippen LogP contribution in [-0.2, 0) is 23.0 Å². The summed E-state index contributed by atoms with van der Waals surface area (Å²) in [6.07, 6.45) is 2.74. The number of hydrogen-bond acceptors (Lipinski definition) is 5. The minimum Gasteiger partial charge on any atom is -0.367 e. The highest BCUT2D eigenvalue weighted by Crippen LogP contribution is 2.31. The van der Waals surface area contributed by atoms with Crippen molar-refractivity contribution in [3.63, 3.8) is 0 Å². The molecule has 1 aliphatic heterocycles. The Hall–Kier alpha value is -2.12. The number of hydrogen-bond donors (Lipinski definition) is 1. The van der Waals surface area contributed by atoms with Crippen molar-refractivity contribution in [2.45, 2.75) is 17.9 Å². The Labute approximate surface area is 143 Å². The maximum absolute atomic E-state index is 12.0. The van der Waals surface area contributed by atoms with Crippen LogP contribution in [0.5, 0.6) is 0 Å². The molecule has 0 bridgehead atoms. The largest absolute Gasteiger partial charge is 0.367 e. The molecule has 0 atom stereocenters. The molecule has 0 saturated carbocycles.